The predicted molar refractivity (Wildman–Crippen MR) is 146 cm³/mol. The molecule has 0 fully saturated rings. The van der Waals surface area contributed by atoms with Crippen LogP contribution in [0.1, 0.15) is 29.7 Å². The van der Waals surface area contributed by atoms with Gasteiger partial charge in [-0.2, -0.15) is 10.1 Å². The SMILES string of the molecule is COc1cc(C2C(C(=O)Nc3ccccc3C)=C(C)Nc3ncnn32)cc(Br)c1OCc1ccccc1. The Bertz CT molecular complexity index is 1480. The van der Waals surface area contributed by atoms with E-state index in [4.69, 9.17) is 9.47 Å². The predicted octanol–water partition coefficient (Wildman–Crippen LogP) is 5.86. The molecule has 0 spiro atoms. The molecule has 3 aromatic carbocycles. The highest BCUT2D eigenvalue weighted by atomic mass is 79.9. The van der Waals surface area contributed by atoms with Crippen molar-refractivity contribution in [3.63, 3.8) is 0 Å². The number of nitrogens with zero attached hydrogens (tertiary/aromatic N) is 3. The maximum absolute atomic E-state index is 13.7. The number of nitrogens with one attached hydrogen (secondary N) is 2. The van der Waals surface area contributed by atoms with Gasteiger partial charge in [-0.05, 0) is 64.7 Å². The summed E-state index contributed by atoms with van der Waals surface area (Å²) in [5.74, 6) is 1.44. The molecule has 0 radical (unpaired) electrons. The lowest BCUT2D eigenvalue weighted by Crippen LogP contribution is -2.31. The fourth-order valence-electron chi connectivity index (χ4n) is 4.36. The summed E-state index contributed by atoms with van der Waals surface area (Å²) >= 11 is 3.66. The molecule has 0 bridgehead atoms. The molecule has 37 heavy (non-hydrogen) atoms. The highest BCUT2D eigenvalue weighted by molar-refractivity contribution is 9.10. The Labute approximate surface area is 223 Å². The van der Waals surface area contributed by atoms with Gasteiger partial charge < -0.3 is 20.1 Å². The number of benzene rings is 3. The molecule has 1 aliphatic rings. The number of allylic oxidation sites excluding steroid dienone is 1. The Morgan fingerprint density at radius 2 is 1.86 bits per heavy atom. The molecule has 1 unspecified atom stereocenters. The first-order chi connectivity index (χ1) is 18.0. The molecule has 0 aliphatic carbocycles. The minimum Gasteiger partial charge on any atom is -0.493 e. The first-order valence-corrected chi connectivity index (χ1v) is 12.5. The van der Waals surface area contributed by atoms with E-state index in [-0.39, 0.29) is 5.91 Å². The third-order valence-electron chi connectivity index (χ3n) is 6.23. The van der Waals surface area contributed by atoms with Crippen LogP contribution in [0.5, 0.6) is 11.5 Å². The molecule has 1 atom stereocenters. The van der Waals surface area contributed by atoms with Crippen molar-refractivity contribution in [2.75, 3.05) is 17.7 Å². The van der Waals surface area contributed by atoms with Crippen LogP contribution in [-0.4, -0.2) is 27.8 Å². The summed E-state index contributed by atoms with van der Waals surface area (Å²) in [6, 6.07) is 20.8. The quantitative estimate of drug-likeness (QED) is 0.294. The Kier molecular flexibility index (Phi) is 6.96. The van der Waals surface area contributed by atoms with Crippen LogP contribution >= 0.6 is 15.9 Å². The van der Waals surface area contributed by atoms with E-state index < -0.39 is 6.04 Å². The van der Waals surface area contributed by atoms with Crippen LogP contribution < -0.4 is 20.1 Å². The molecule has 8 nitrogen and oxygen atoms in total. The van der Waals surface area contributed by atoms with E-state index >= 15 is 0 Å². The number of carbonyl (C=O) groups excluding carboxylic acids is 1. The zero-order valence-electron chi connectivity index (χ0n) is 20.7. The van der Waals surface area contributed by atoms with E-state index in [1.54, 1.807) is 11.8 Å². The molecule has 188 valence electrons. The van der Waals surface area contributed by atoms with Gasteiger partial charge in [0.2, 0.25) is 5.95 Å². The fraction of sp³-hybridized carbons (Fsp3) is 0.179. The maximum atomic E-state index is 13.7. The lowest BCUT2D eigenvalue weighted by atomic mass is 9.94. The highest BCUT2D eigenvalue weighted by Crippen LogP contribution is 2.43. The topological polar surface area (TPSA) is 90.3 Å². The molecule has 9 heteroatoms. The normalized spacial score (nSPS) is 14.5. The molecule has 4 aromatic rings. The molecule has 1 aromatic heterocycles. The molecular formula is C28H26BrN5O3. The van der Waals surface area contributed by atoms with Crippen LogP contribution in [0.3, 0.4) is 0 Å². The second kappa shape index (κ2) is 10.5. The van der Waals surface area contributed by atoms with Gasteiger partial charge in [0, 0.05) is 11.4 Å². The monoisotopic (exact) mass is 559 g/mol. The number of ether oxygens (including phenoxy) is 2. The number of aryl methyl sites for hydroxylation is 1. The number of halogens is 1. The number of anilines is 2. The van der Waals surface area contributed by atoms with Gasteiger partial charge in [-0.1, -0.05) is 48.5 Å². The molecule has 0 saturated heterocycles. The largest absolute Gasteiger partial charge is 0.493 e. The van der Waals surface area contributed by atoms with Crippen molar-refractivity contribution in [1.29, 1.82) is 0 Å². The average molecular weight is 560 g/mol. The Hall–Kier alpha value is -4.11. The molecule has 2 N–H and O–H groups in total. The Morgan fingerprint density at radius 3 is 2.62 bits per heavy atom. The van der Waals surface area contributed by atoms with Crippen molar-refractivity contribution in [2.45, 2.75) is 26.5 Å². The minimum atomic E-state index is -0.545. The lowest BCUT2D eigenvalue weighted by molar-refractivity contribution is -0.113. The van der Waals surface area contributed by atoms with Gasteiger partial charge in [-0.15, -0.1) is 0 Å². The summed E-state index contributed by atoms with van der Waals surface area (Å²) in [4.78, 5) is 18.0. The number of hydrogen-bond donors (Lipinski definition) is 2. The Balaban J connectivity index is 1.53. The summed E-state index contributed by atoms with van der Waals surface area (Å²) in [7, 11) is 1.59. The zero-order chi connectivity index (χ0) is 25.9. The summed E-state index contributed by atoms with van der Waals surface area (Å²) in [6.45, 7) is 4.21. The molecule has 1 amide bonds. The van der Waals surface area contributed by atoms with E-state index in [0.717, 1.165) is 22.4 Å². The van der Waals surface area contributed by atoms with Gasteiger partial charge in [0.25, 0.3) is 5.91 Å². The van der Waals surface area contributed by atoms with Crippen LogP contribution in [0, 0.1) is 6.92 Å². The number of hydrogen-bond acceptors (Lipinski definition) is 6. The first kappa shape index (κ1) is 24.6. The first-order valence-electron chi connectivity index (χ1n) is 11.7. The third kappa shape index (κ3) is 4.95. The second-order valence-electron chi connectivity index (χ2n) is 8.67. The molecule has 0 saturated carbocycles. The minimum absolute atomic E-state index is 0.232. The number of rotatable bonds is 7. The third-order valence-corrected chi connectivity index (χ3v) is 6.81. The van der Waals surface area contributed by atoms with Crippen LogP contribution in [-0.2, 0) is 11.4 Å². The van der Waals surface area contributed by atoms with E-state index in [2.05, 4.69) is 36.6 Å². The summed E-state index contributed by atoms with van der Waals surface area (Å²) < 4.78 is 14.2. The standard InChI is InChI=1S/C28H26BrN5O3/c1-17-9-7-8-12-22(17)33-27(35)24-18(2)32-28-30-16-31-34(28)25(24)20-13-21(29)26(23(14-20)36-3)37-15-19-10-5-4-6-11-19/h4-14,16,25H,15H2,1-3H3,(H,33,35)(H,30,31,32). The van der Waals surface area contributed by atoms with E-state index in [9.17, 15) is 4.79 Å². The van der Waals surface area contributed by atoms with E-state index in [0.29, 0.717) is 39.8 Å². The van der Waals surface area contributed by atoms with Gasteiger partial charge in [-0.3, -0.25) is 4.79 Å². The molecule has 2 heterocycles. The number of carbonyl (C=O) groups is 1. The molecule has 5 rings (SSSR count). The van der Waals surface area contributed by atoms with Gasteiger partial charge >= 0.3 is 0 Å². The van der Waals surface area contributed by atoms with E-state index in [1.807, 2.05) is 80.6 Å². The molecule has 1 aliphatic heterocycles. The van der Waals surface area contributed by atoms with Crippen LogP contribution in [0.15, 0.2) is 88.8 Å². The zero-order valence-corrected chi connectivity index (χ0v) is 22.2. The highest BCUT2D eigenvalue weighted by Gasteiger charge is 2.34. The van der Waals surface area contributed by atoms with Crippen molar-refractivity contribution in [2.24, 2.45) is 0 Å². The van der Waals surface area contributed by atoms with Gasteiger partial charge in [0.05, 0.1) is 17.2 Å². The van der Waals surface area contributed by atoms with Crippen molar-refractivity contribution in [1.82, 2.24) is 14.8 Å². The van der Waals surface area contributed by atoms with Crippen LogP contribution in [0.4, 0.5) is 11.6 Å². The van der Waals surface area contributed by atoms with Crippen LogP contribution in [0.25, 0.3) is 0 Å². The van der Waals surface area contributed by atoms with Gasteiger partial charge in [0.1, 0.15) is 19.0 Å². The molecular weight excluding hydrogens is 534 g/mol. The van der Waals surface area contributed by atoms with Gasteiger partial charge in [-0.25, -0.2) is 4.68 Å². The summed E-state index contributed by atoms with van der Waals surface area (Å²) in [5.41, 5.74) is 4.77. The van der Waals surface area contributed by atoms with Gasteiger partial charge in [0.15, 0.2) is 11.5 Å². The summed E-state index contributed by atoms with van der Waals surface area (Å²) in [5, 5.41) is 10.7. The van der Waals surface area contributed by atoms with Crippen molar-refractivity contribution >= 4 is 33.5 Å². The average Bonchev–Trinajstić information content (AvgIpc) is 3.36. The maximum Gasteiger partial charge on any atom is 0.255 e. The van der Waals surface area contributed by atoms with Crippen LogP contribution in [0.2, 0.25) is 0 Å². The fourth-order valence-corrected chi connectivity index (χ4v) is 4.94. The number of amides is 1. The lowest BCUT2D eigenvalue weighted by Gasteiger charge is -2.29. The van der Waals surface area contributed by atoms with Crippen molar-refractivity contribution in [3.05, 3.63) is 105 Å². The number of para-hydroxylation sites is 1. The second-order valence-corrected chi connectivity index (χ2v) is 9.53. The van der Waals surface area contributed by atoms with Crippen molar-refractivity contribution in [3.8, 4) is 11.5 Å². The van der Waals surface area contributed by atoms with E-state index in [1.165, 1.54) is 6.33 Å². The number of aromatic nitrogens is 3. The Morgan fingerprint density at radius 1 is 1.11 bits per heavy atom. The smallest absolute Gasteiger partial charge is 0.255 e. The van der Waals surface area contributed by atoms with Crippen molar-refractivity contribution < 1.29 is 14.3 Å². The summed E-state index contributed by atoms with van der Waals surface area (Å²) in [6.07, 6.45) is 1.47. The number of methoxy groups -OCH3 is 1. The number of fused-ring (bicyclic) bond motifs is 1.